The molecule has 1 heterocycles. The third-order valence-electron chi connectivity index (χ3n) is 3.27. The average Bonchev–Trinajstić information content (AvgIpc) is 2.45. The highest BCUT2D eigenvalue weighted by Crippen LogP contribution is 2.33. The number of carboxylic acids is 1. The van der Waals surface area contributed by atoms with Crippen molar-refractivity contribution in [3.8, 4) is 0 Å². The van der Waals surface area contributed by atoms with Crippen LogP contribution in [0.4, 0.5) is 13.2 Å². The molecule has 9 heteroatoms. The molecule has 0 atom stereocenters. The maximum atomic E-state index is 13.1. The fourth-order valence-electron chi connectivity index (χ4n) is 2.11. The molecular formula is C13H12F3NO4S. The number of alkyl halides is 3. The van der Waals surface area contributed by atoms with E-state index in [1.807, 2.05) is 0 Å². The van der Waals surface area contributed by atoms with Crippen molar-refractivity contribution in [1.29, 1.82) is 0 Å². The van der Waals surface area contributed by atoms with Gasteiger partial charge in [-0.05, 0) is 18.2 Å². The maximum Gasteiger partial charge on any atom is 0.417 e. The summed E-state index contributed by atoms with van der Waals surface area (Å²) in [6.07, 6.45) is -4.84. The Morgan fingerprint density at radius 1 is 1.18 bits per heavy atom. The van der Waals surface area contributed by atoms with Crippen LogP contribution in [0.3, 0.4) is 0 Å². The molecule has 22 heavy (non-hydrogen) atoms. The number of amides is 1. The van der Waals surface area contributed by atoms with E-state index in [1.54, 1.807) is 0 Å². The first kappa shape index (κ1) is 16.5. The van der Waals surface area contributed by atoms with Crippen LogP contribution in [0.25, 0.3) is 0 Å². The summed E-state index contributed by atoms with van der Waals surface area (Å²) in [4.78, 5) is 24.2. The van der Waals surface area contributed by atoms with E-state index in [4.69, 9.17) is 5.11 Å². The lowest BCUT2D eigenvalue weighted by atomic mass is 10.0. The lowest BCUT2D eigenvalue weighted by Crippen LogP contribution is -2.42. The number of nitrogens with zero attached hydrogens (tertiary/aromatic N) is 1. The normalized spacial score (nSPS) is 16.6. The summed E-state index contributed by atoms with van der Waals surface area (Å²) in [5, 5.41) is 8.79. The van der Waals surface area contributed by atoms with Crippen LogP contribution in [-0.2, 0) is 17.0 Å². The van der Waals surface area contributed by atoms with Gasteiger partial charge in [0, 0.05) is 35.4 Å². The van der Waals surface area contributed by atoms with Gasteiger partial charge in [0.1, 0.15) is 0 Å². The Balaban J connectivity index is 2.39. The van der Waals surface area contributed by atoms with Crippen LogP contribution >= 0.6 is 0 Å². The highest BCUT2D eigenvalue weighted by atomic mass is 32.2. The topological polar surface area (TPSA) is 74.7 Å². The number of carbonyl (C=O) groups excluding carboxylic acids is 1. The van der Waals surface area contributed by atoms with E-state index < -0.39 is 45.5 Å². The monoisotopic (exact) mass is 335 g/mol. The number of halogens is 3. The van der Waals surface area contributed by atoms with E-state index in [-0.39, 0.29) is 24.6 Å². The largest absolute Gasteiger partial charge is 0.478 e. The standard InChI is InChI=1S/C13H12F3NO4S/c14-13(15,16)10-7-8(12(19)20)1-2-9(10)11(18)17-3-5-22(21)6-4-17/h1-2,7H,3-6H2,(H,19,20). The molecule has 1 aliphatic rings. The maximum absolute atomic E-state index is 13.1. The van der Waals surface area contributed by atoms with E-state index in [0.717, 1.165) is 12.1 Å². The van der Waals surface area contributed by atoms with E-state index in [0.29, 0.717) is 6.07 Å². The fraction of sp³-hybridized carbons (Fsp3) is 0.385. The summed E-state index contributed by atoms with van der Waals surface area (Å²) in [5.74, 6) is -1.89. The van der Waals surface area contributed by atoms with Gasteiger partial charge in [-0.15, -0.1) is 0 Å². The van der Waals surface area contributed by atoms with Gasteiger partial charge in [0.2, 0.25) is 0 Å². The molecule has 1 fully saturated rings. The van der Waals surface area contributed by atoms with Gasteiger partial charge in [0.25, 0.3) is 5.91 Å². The summed E-state index contributed by atoms with van der Waals surface area (Å²) < 4.78 is 50.4. The molecule has 0 bridgehead atoms. The van der Waals surface area contributed by atoms with Gasteiger partial charge in [0.15, 0.2) is 0 Å². The highest BCUT2D eigenvalue weighted by molar-refractivity contribution is 7.85. The van der Waals surface area contributed by atoms with Crippen LogP contribution in [0.1, 0.15) is 26.3 Å². The van der Waals surface area contributed by atoms with E-state index >= 15 is 0 Å². The number of hydrogen-bond donors (Lipinski definition) is 1. The molecule has 2 rings (SSSR count). The van der Waals surface area contributed by atoms with Crippen molar-refractivity contribution in [2.45, 2.75) is 6.18 Å². The molecule has 0 radical (unpaired) electrons. The molecule has 120 valence electrons. The smallest absolute Gasteiger partial charge is 0.417 e. The summed E-state index contributed by atoms with van der Waals surface area (Å²) in [6, 6.07) is 2.30. The number of rotatable bonds is 2. The minimum absolute atomic E-state index is 0.115. The predicted molar refractivity (Wildman–Crippen MR) is 72.2 cm³/mol. The molecular weight excluding hydrogens is 323 g/mol. The quantitative estimate of drug-likeness (QED) is 0.891. The second-order valence-electron chi connectivity index (χ2n) is 4.70. The van der Waals surface area contributed by atoms with Crippen LogP contribution in [-0.4, -0.2) is 50.7 Å². The van der Waals surface area contributed by atoms with E-state index in [9.17, 15) is 27.0 Å². The van der Waals surface area contributed by atoms with Crippen molar-refractivity contribution < 1.29 is 32.1 Å². The van der Waals surface area contributed by atoms with Crippen LogP contribution in [0.15, 0.2) is 18.2 Å². The van der Waals surface area contributed by atoms with E-state index in [1.165, 1.54) is 4.90 Å². The van der Waals surface area contributed by atoms with Gasteiger partial charge < -0.3 is 10.0 Å². The molecule has 0 spiro atoms. The molecule has 0 saturated carbocycles. The minimum atomic E-state index is -4.84. The van der Waals surface area contributed by atoms with Gasteiger partial charge in [0.05, 0.1) is 16.7 Å². The van der Waals surface area contributed by atoms with Crippen molar-refractivity contribution in [2.24, 2.45) is 0 Å². The van der Waals surface area contributed by atoms with Crippen LogP contribution in [0, 0.1) is 0 Å². The number of aromatic carboxylic acids is 1. The second-order valence-corrected chi connectivity index (χ2v) is 6.40. The Kier molecular flexibility index (Phi) is 4.55. The van der Waals surface area contributed by atoms with Crippen LogP contribution < -0.4 is 0 Å². The zero-order valence-corrected chi connectivity index (χ0v) is 12.0. The number of benzene rings is 1. The second kappa shape index (κ2) is 6.07. The average molecular weight is 335 g/mol. The summed E-state index contributed by atoms with van der Waals surface area (Å²) in [6.45, 7) is 0.229. The molecule has 1 aromatic rings. The van der Waals surface area contributed by atoms with Gasteiger partial charge in [-0.3, -0.25) is 9.00 Å². The van der Waals surface area contributed by atoms with Gasteiger partial charge in [-0.1, -0.05) is 0 Å². The van der Waals surface area contributed by atoms with Gasteiger partial charge >= 0.3 is 12.1 Å². The Labute approximate surface area is 126 Å². The van der Waals surface area contributed by atoms with Crippen LogP contribution in [0.2, 0.25) is 0 Å². The zero-order chi connectivity index (χ0) is 16.5. The van der Waals surface area contributed by atoms with Gasteiger partial charge in [-0.2, -0.15) is 13.2 Å². The third kappa shape index (κ3) is 3.46. The Morgan fingerprint density at radius 3 is 2.27 bits per heavy atom. The first-order valence-corrected chi connectivity index (χ1v) is 7.77. The van der Waals surface area contributed by atoms with Crippen molar-refractivity contribution in [3.05, 3.63) is 34.9 Å². The Hall–Kier alpha value is -1.90. The lowest BCUT2D eigenvalue weighted by molar-refractivity contribution is -0.138. The first-order chi connectivity index (χ1) is 10.2. The molecule has 0 aromatic heterocycles. The fourth-order valence-corrected chi connectivity index (χ4v) is 3.16. The Bertz CT molecular complexity index is 635. The predicted octanol–water partition coefficient (Wildman–Crippen LogP) is 1.61. The number of carbonyl (C=O) groups is 2. The molecule has 1 saturated heterocycles. The molecule has 0 aliphatic carbocycles. The summed E-state index contributed by atoms with van der Waals surface area (Å²) >= 11 is 0. The molecule has 1 aliphatic heterocycles. The minimum Gasteiger partial charge on any atom is -0.478 e. The number of carboxylic acid groups (broad SMARTS) is 1. The SMILES string of the molecule is O=C(O)c1ccc(C(=O)N2CCS(=O)CC2)c(C(F)(F)F)c1. The van der Waals surface area contributed by atoms with Crippen molar-refractivity contribution >= 4 is 22.7 Å². The van der Waals surface area contributed by atoms with Crippen molar-refractivity contribution in [1.82, 2.24) is 4.90 Å². The molecule has 0 unspecified atom stereocenters. The van der Waals surface area contributed by atoms with E-state index in [2.05, 4.69) is 0 Å². The van der Waals surface area contributed by atoms with Crippen LogP contribution in [0.5, 0.6) is 0 Å². The molecule has 1 aromatic carbocycles. The summed E-state index contributed by atoms with van der Waals surface area (Å²) in [5.41, 5.74) is -2.40. The van der Waals surface area contributed by atoms with Crippen molar-refractivity contribution in [2.75, 3.05) is 24.6 Å². The van der Waals surface area contributed by atoms with Crippen molar-refractivity contribution in [3.63, 3.8) is 0 Å². The zero-order valence-electron chi connectivity index (χ0n) is 11.2. The molecule has 1 N–H and O–H groups in total. The highest BCUT2D eigenvalue weighted by Gasteiger charge is 2.37. The molecule has 1 amide bonds. The first-order valence-electron chi connectivity index (χ1n) is 6.29. The summed E-state index contributed by atoms with van der Waals surface area (Å²) in [7, 11) is -1.06. The number of hydrogen-bond acceptors (Lipinski definition) is 3. The lowest BCUT2D eigenvalue weighted by Gasteiger charge is -2.27. The Morgan fingerprint density at radius 2 is 1.77 bits per heavy atom. The molecule has 5 nitrogen and oxygen atoms in total. The van der Waals surface area contributed by atoms with Gasteiger partial charge in [-0.25, -0.2) is 4.79 Å². The third-order valence-corrected chi connectivity index (χ3v) is 4.54.